The maximum Gasteiger partial charge on any atom is 0.329 e. The highest BCUT2D eigenvalue weighted by molar-refractivity contribution is 6.32. The number of fused-ring (bicyclic) bond motifs is 1. The van der Waals surface area contributed by atoms with Gasteiger partial charge in [-0.25, -0.2) is 14.3 Å². The van der Waals surface area contributed by atoms with Crippen molar-refractivity contribution in [2.24, 2.45) is 0 Å². The molecule has 0 radical (unpaired) electrons. The Hall–Kier alpha value is -3.86. The van der Waals surface area contributed by atoms with Gasteiger partial charge in [-0.1, -0.05) is 11.6 Å². The number of carboxylic acid groups (broad SMARTS) is 1. The number of aromatic nitrogens is 3. The van der Waals surface area contributed by atoms with E-state index in [1.54, 1.807) is 0 Å². The number of methoxy groups -OCH3 is 2. The summed E-state index contributed by atoms with van der Waals surface area (Å²) in [7, 11) is 2.87. The van der Waals surface area contributed by atoms with Gasteiger partial charge in [-0.2, -0.15) is 0 Å². The fourth-order valence-electron chi connectivity index (χ4n) is 2.86. The molecule has 3 N–H and O–H groups in total. The minimum Gasteiger partial charge on any atom is -0.495 e. The average Bonchev–Trinajstić information content (AvgIpc) is 2.71. The molecule has 0 aliphatic heterocycles. The van der Waals surface area contributed by atoms with Crippen LogP contribution in [-0.4, -0.2) is 45.7 Å². The van der Waals surface area contributed by atoms with Crippen LogP contribution < -0.4 is 26.0 Å². The van der Waals surface area contributed by atoms with Crippen LogP contribution in [0.15, 0.2) is 33.9 Å². The molecule has 11 nitrogen and oxygen atoms in total. The van der Waals surface area contributed by atoms with Crippen LogP contribution in [0.2, 0.25) is 5.02 Å². The van der Waals surface area contributed by atoms with Gasteiger partial charge in [0.2, 0.25) is 5.91 Å². The molecule has 0 saturated heterocycles. The normalized spacial score (nSPS) is 10.7. The third kappa shape index (κ3) is 4.67. The lowest BCUT2D eigenvalue weighted by atomic mass is 10.2. The second-order valence-corrected chi connectivity index (χ2v) is 6.73. The molecular weight excluding hydrogens is 432 g/mol. The van der Waals surface area contributed by atoms with E-state index in [-0.39, 0.29) is 28.2 Å². The summed E-state index contributed by atoms with van der Waals surface area (Å²) in [4.78, 5) is 54.3. The topological polar surface area (TPSA) is 153 Å². The zero-order valence-electron chi connectivity index (χ0n) is 16.4. The first-order valence-electron chi connectivity index (χ1n) is 8.79. The van der Waals surface area contributed by atoms with Gasteiger partial charge in [-0.05, 0) is 18.2 Å². The van der Waals surface area contributed by atoms with Gasteiger partial charge in [0.1, 0.15) is 18.0 Å². The number of carbonyl (C=O) groups excluding carboxylic acids is 1. The molecule has 0 bridgehead atoms. The van der Waals surface area contributed by atoms with Gasteiger partial charge in [0, 0.05) is 6.07 Å². The highest BCUT2D eigenvalue weighted by atomic mass is 35.5. The van der Waals surface area contributed by atoms with Gasteiger partial charge in [0.15, 0.2) is 5.52 Å². The van der Waals surface area contributed by atoms with Crippen LogP contribution in [0.1, 0.15) is 5.69 Å². The molecule has 2 heterocycles. The molecule has 0 spiro atoms. The van der Waals surface area contributed by atoms with Crippen molar-refractivity contribution < 1.29 is 24.2 Å². The zero-order chi connectivity index (χ0) is 22.7. The molecule has 12 heteroatoms. The number of hydrogen-bond acceptors (Lipinski definition) is 7. The van der Waals surface area contributed by atoms with E-state index < -0.39 is 29.7 Å². The number of ether oxygens (including phenoxy) is 2. The molecule has 0 unspecified atom stereocenters. The molecule has 3 aromatic rings. The molecule has 0 saturated carbocycles. The SMILES string of the molecule is COc1cc(OC)c(NC(=O)Cc2ccc3[nH]c(=O)n(CC(=O)O)c(=O)c3n2)cc1Cl. The van der Waals surface area contributed by atoms with Gasteiger partial charge in [-0.3, -0.25) is 14.4 Å². The number of nitrogens with zero attached hydrogens (tertiary/aromatic N) is 2. The maximum atomic E-state index is 12.5. The molecule has 31 heavy (non-hydrogen) atoms. The molecule has 0 fully saturated rings. The predicted octanol–water partition coefficient (Wildman–Crippen LogP) is 1.02. The van der Waals surface area contributed by atoms with Gasteiger partial charge < -0.3 is 24.9 Å². The van der Waals surface area contributed by atoms with Crippen LogP contribution >= 0.6 is 11.6 Å². The number of hydrogen-bond donors (Lipinski definition) is 3. The van der Waals surface area contributed by atoms with Crippen molar-refractivity contribution in [3.63, 3.8) is 0 Å². The predicted molar refractivity (Wildman–Crippen MR) is 111 cm³/mol. The van der Waals surface area contributed by atoms with Crippen molar-refractivity contribution >= 4 is 40.2 Å². The Morgan fingerprint density at radius 3 is 2.55 bits per heavy atom. The summed E-state index contributed by atoms with van der Waals surface area (Å²) in [5, 5.41) is 11.8. The lowest BCUT2D eigenvalue weighted by Gasteiger charge is -2.13. The lowest BCUT2D eigenvalue weighted by Crippen LogP contribution is -2.37. The minimum absolute atomic E-state index is 0.129. The monoisotopic (exact) mass is 448 g/mol. The van der Waals surface area contributed by atoms with E-state index in [0.29, 0.717) is 21.8 Å². The largest absolute Gasteiger partial charge is 0.495 e. The summed E-state index contributed by atoms with van der Waals surface area (Å²) < 4.78 is 10.9. The standard InChI is InChI=1S/C19H17ClN4O7/c1-30-13-7-14(31-2)12(6-10(13)20)22-15(25)5-9-3-4-11-17(21-9)18(28)24(8-16(26)27)19(29)23-11/h3-4,6-7H,5,8H2,1-2H3,(H,22,25)(H,23,29)(H,26,27). The third-order valence-electron chi connectivity index (χ3n) is 4.27. The van der Waals surface area contributed by atoms with Crippen LogP contribution in [0, 0.1) is 0 Å². The van der Waals surface area contributed by atoms with Crippen LogP contribution in [0.5, 0.6) is 11.5 Å². The van der Waals surface area contributed by atoms with Crippen molar-refractivity contribution in [1.82, 2.24) is 14.5 Å². The lowest BCUT2D eigenvalue weighted by molar-refractivity contribution is -0.137. The number of benzene rings is 1. The Labute approximate surface area is 179 Å². The van der Waals surface area contributed by atoms with Crippen molar-refractivity contribution in [2.75, 3.05) is 19.5 Å². The zero-order valence-corrected chi connectivity index (χ0v) is 17.1. The number of H-pyrrole nitrogens is 1. The van der Waals surface area contributed by atoms with E-state index in [9.17, 15) is 19.2 Å². The second-order valence-electron chi connectivity index (χ2n) is 6.33. The number of anilines is 1. The summed E-state index contributed by atoms with van der Waals surface area (Å²) in [6.07, 6.45) is -0.208. The number of aromatic amines is 1. The fraction of sp³-hybridized carbons (Fsp3) is 0.211. The van der Waals surface area contributed by atoms with Crippen LogP contribution in [0.25, 0.3) is 11.0 Å². The molecule has 2 aromatic heterocycles. The first-order valence-corrected chi connectivity index (χ1v) is 9.17. The number of amides is 1. The number of aliphatic carboxylic acids is 1. The molecule has 3 rings (SSSR count). The van der Waals surface area contributed by atoms with Crippen LogP contribution in [0.3, 0.4) is 0 Å². The fourth-order valence-corrected chi connectivity index (χ4v) is 3.10. The maximum absolute atomic E-state index is 12.5. The third-order valence-corrected chi connectivity index (χ3v) is 4.57. The number of pyridine rings is 1. The summed E-state index contributed by atoms with van der Waals surface area (Å²) >= 11 is 6.10. The number of carboxylic acids is 1. The van der Waals surface area contributed by atoms with Gasteiger partial charge in [0.25, 0.3) is 5.56 Å². The summed E-state index contributed by atoms with van der Waals surface area (Å²) in [5.74, 6) is -1.12. The Bertz CT molecular complexity index is 1300. The quantitative estimate of drug-likeness (QED) is 0.484. The average molecular weight is 449 g/mol. The van der Waals surface area contributed by atoms with Crippen LogP contribution in [-0.2, 0) is 22.6 Å². The summed E-state index contributed by atoms with van der Waals surface area (Å²) in [6.45, 7) is -0.811. The number of nitrogens with one attached hydrogen (secondary N) is 2. The van der Waals surface area contributed by atoms with Crippen LogP contribution in [0.4, 0.5) is 5.69 Å². The van der Waals surface area contributed by atoms with E-state index >= 15 is 0 Å². The first-order chi connectivity index (χ1) is 14.7. The van der Waals surface area contributed by atoms with E-state index in [1.807, 2.05) is 0 Å². The Morgan fingerprint density at radius 2 is 1.90 bits per heavy atom. The Kier molecular flexibility index (Phi) is 6.25. The van der Waals surface area contributed by atoms with E-state index in [2.05, 4.69) is 15.3 Å². The van der Waals surface area contributed by atoms with Crippen molar-refractivity contribution in [3.05, 3.63) is 55.8 Å². The number of rotatable bonds is 7. The summed E-state index contributed by atoms with van der Waals surface area (Å²) in [6, 6.07) is 5.88. The van der Waals surface area contributed by atoms with Crippen molar-refractivity contribution in [3.8, 4) is 11.5 Å². The first kappa shape index (κ1) is 21.8. The molecule has 0 aliphatic rings. The van der Waals surface area contributed by atoms with Gasteiger partial charge >= 0.3 is 11.7 Å². The highest BCUT2D eigenvalue weighted by Gasteiger charge is 2.15. The molecule has 0 atom stereocenters. The highest BCUT2D eigenvalue weighted by Crippen LogP contribution is 2.35. The smallest absolute Gasteiger partial charge is 0.329 e. The summed E-state index contributed by atoms with van der Waals surface area (Å²) in [5.41, 5.74) is -1.22. The molecule has 1 amide bonds. The van der Waals surface area contributed by atoms with Gasteiger partial charge in [-0.15, -0.1) is 0 Å². The van der Waals surface area contributed by atoms with Gasteiger partial charge in [0.05, 0.1) is 42.6 Å². The molecule has 1 aromatic carbocycles. The van der Waals surface area contributed by atoms with E-state index in [4.69, 9.17) is 26.2 Å². The van der Waals surface area contributed by atoms with E-state index in [0.717, 1.165) is 0 Å². The minimum atomic E-state index is -1.35. The Balaban J connectivity index is 1.89. The second kappa shape index (κ2) is 8.88. The number of halogens is 1. The Morgan fingerprint density at radius 1 is 1.19 bits per heavy atom. The molecular formula is C19H17ClN4O7. The number of carbonyl (C=O) groups is 2. The van der Waals surface area contributed by atoms with E-state index in [1.165, 1.54) is 38.5 Å². The molecule has 162 valence electrons. The van der Waals surface area contributed by atoms with Crippen molar-refractivity contribution in [1.29, 1.82) is 0 Å². The molecule has 0 aliphatic carbocycles. The van der Waals surface area contributed by atoms with Crippen molar-refractivity contribution in [2.45, 2.75) is 13.0 Å².